The predicted octanol–water partition coefficient (Wildman–Crippen LogP) is -0.767. The van der Waals surface area contributed by atoms with Crippen LogP contribution in [0.1, 0.15) is 0 Å². The van der Waals surface area contributed by atoms with Crippen molar-refractivity contribution in [2.24, 2.45) is 0 Å². The van der Waals surface area contributed by atoms with Crippen molar-refractivity contribution in [3.05, 3.63) is 0 Å². The maximum atomic E-state index is 2.92. The zero-order chi connectivity index (χ0) is 2.71. The van der Waals surface area contributed by atoms with Crippen molar-refractivity contribution in [3.8, 4) is 0 Å². The van der Waals surface area contributed by atoms with E-state index in [2.05, 4.69) is 25.6 Å². The molecule has 0 rings (SSSR count). The fraction of sp³-hybridized carbons (Fsp3) is 0. The molecule has 0 amide bonds. The Morgan fingerprint density at radius 2 is 1.25 bits per heavy atom. The second-order valence-corrected chi connectivity index (χ2v) is 15.0. The normalized spacial score (nSPS) is 3.00. The van der Waals surface area contributed by atoms with Crippen LogP contribution in [0.3, 0.4) is 0 Å². The van der Waals surface area contributed by atoms with Gasteiger partial charge in [0, 0.05) is 22.4 Å². The molecule has 0 aliphatic heterocycles. The molecule has 1 radical (unpaired) electrons. The van der Waals surface area contributed by atoms with Gasteiger partial charge >= 0.3 is 38.9 Å². The average Bonchev–Trinajstić information content (AvgIpc) is 0.918. The van der Waals surface area contributed by atoms with E-state index in [4.69, 9.17) is 0 Å². The minimum absolute atomic E-state index is 0. The molecule has 0 aliphatic carbocycles. The van der Waals surface area contributed by atoms with Crippen molar-refractivity contribution in [2.45, 2.75) is 0 Å². The molecule has 0 atom stereocenters. The van der Waals surface area contributed by atoms with Crippen molar-refractivity contribution in [2.75, 3.05) is 0 Å². The number of rotatable bonds is 0. The van der Waals surface area contributed by atoms with Crippen LogP contribution in [0.2, 0.25) is 0 Å². The van der Waals surface area contributed by atoms with Crippen molar-refractivity contribution in [3.63, 3.8) is 0 Å². The van der Waals surface area contributed by atoms with Crippen LogP contribution in [-0.2, 0) is 35.6 Å². The van der Waals surface area contributed by atoms with E-state index in [9.17, 15) is 0 Å². The molecule has 0 saturated heterocycles. The second-order valence-electron chi connectivity index (χ2n) is 0.0680. The van der Waals surface area contributed by atoms with Gasteiger partial charge in [-0.2, -0.15) is 0 Å². The first kappa shape index (κ1) is 9.69. The Morgan fingerprint density at radius 1 is 1.25 bits per heavy atom. The molecule has 0 aliphatic rings. The van der Waals surface area contributed by atoms with E-state index >= 15 is 0 Å². The zero-order valence-electron chi connectivity index (χ0n) is 1.53. The van der Waals surface area contributed by atoms with Gasteiger partial charge in [-0.25, -0.2) is 0 Å². The van der Waals surface area contributed by atoms with Crippen LogP contribution in [-0.4, -0.2) is 25.6 Å². The molecule has 4 heavy (non-hydrogen) atoms. The third kappa shape index (κ3) is 8.82. The maximum absolute atomic E-state index is 2.92. The zero-order valence-corrected chi connectivity index (χ0v) is 10.1. The van der Waals surface area contributed by atoms with Crippen LogP contribution in [0.4, 0.5) is 0 Å². The van der Waals surface area contributed by atoms with Crippen LogP contribution in [0.15, 0.2) is 0 Å². The van der Waals surface area contributed by atoms with Gasteiger partial charge in [-0.15, -0.1) is 0 Å². The van der Waals surface area contributed by atoms with Gasteiger partial charge in [0.2, 0.25) is 0 Å². The van der Waals surface area contributed by atoms with E-state index in [-0.39, 0.29) is 35.6 Å². The van der Waals surface area contributed by atoms with Crippen molar-refractivity contribution in [1.29, 1.82) is 0 Å². The quantitative estimate of drug-likeness (QED) is 0.356. The summed E-state index contributed by atoms with van der Waals surface area (Å²) in [6.45, 7) is 0. The Labute approximate surface area is 60.3 Å². The summed E-state index contributed by atoms with van der Waals surface area (Å²) >= 11 is 5.83. The van der Waals surface area contributed by atoms with Gasteiger partial charge in [0.1, 0.15) is 0 Å². The first-order valence-electron chi connectivity index (χ1n) is 0.333. The summed E-state index contributed by atoms with van der Waals surface area (Å²) in [5, 5.41) is 0. The minimum atomic E-state index is -0.000000000000000111. The van der Waals surface area contributed by atoms with Gasteiger partial charge in [-0.3, -0.25) is 0 Å². The molecule has 0 heterocycles. The van der Waals surface area contributed by atoms with Gasteiger partial charge in [0.05, 0.1) is 0 Å². The third-order valence-electron chi connectivity index (χ3n) is 0. The molecule has 0 nitrogen and oxygen atoms in total. The van der Waals surface area contributed by atoms with E-state index < -0.39 is 0 Å². The van der Waals surface area contributed by atoms with Crippen LogP contribution in [0, 0.1) is 0 Å². The van der Waals surface area contributed by atoms with Crippen molar-refractivity contribution < 1.29 is 35.6 Å². The summed E-state index contributed by atoms with van der Waals surface area (Å²) in [6.07, 6.45) is 0. The molecule has 0 N–H and O–H groups in total. The molecular formula is AuSe2W. The summed E-state index contributed by atoms with van der Waals surface area (Å²) < 4.78 is 0. The SMILES string of the molecule is [Au].[Se]=[W]=[Se]. The second kappa shape index (κ2) is 9.08. The molecule has 4 heteroatoms. The van der Waals surface area contributed by atoms with Crippen LogP contribution in [0.5, 0.6) is 0 Å². The van der Waals surface area contributed by atoms with E-state index in [1.807, 2.05) is 0 Å². The summed E-state index contributed by atoms with van der Waals surface area (Å²) in [6, 6.07) is 0. The fourth-order valence-electron chi connectivity index (χ4n) is 0. The standard InChI is InChI=1S/Au.2Se.W. The van der Waals surface area contributed by atoms with E-state index in [0.717, 1.165) is 0 Å². The van der Waals surface area contributed by atoms with Gasteiger partial charge < -0.3 is 0 Å². The first-order valence-corrected chi connectivity index (χ1v) is 14.2. The van der Waals surface area contributed by atoms with Crippen LogP contribution < -0.4 is 0 Å². The van der Waals surface area contributed by atoms with E-state index in [1.54, 1.807) is 0 Å². The monoisotopic (exact) mass is 541 g/mol. The summed E-state index contributed by atoms with van der Waals surface area (Å²) in [5.74, 6) is 0. The summed E-state index contributed by atoms with van der Waals surface area (Å²) in [7, 11) is 0. The molecule has 0 aromatic carbocycles. The predicted molar refractivity (Wildman–Crippen MR) is 11.5 cm³/mol. The Hall–Kier alpha value is 2.47. The van der Waals surface area contributed by atoms with Crippen molar-refractivity contribution in [1.82, 2.24) is 0 Å². The third-order valence-corrected chi connectivity index (χ3v) is 0. The van der Waals surface area contributed by atoms with Crippen LogP contribution >= 0.6 is 0 Å². The van der Waals surface area contributed by atoms with Gasteiger partial charge in [0.15, 0.2) is 0 Å². The molecule has 0 fully saturated rings. The van der Waals surface area contributed by atoms with Gasteiger partial charge in [-0.1, -0.05) is 0 Å². The van der Waals surface area contributed by atoms with Crippen LogP contribution in [0.25, 0.3) is 0 Å². The molecule has 0 saturated carbocycles. The Balaban J connectivity index is 0. The Morgan fingerprint density at radius 3 is 1.25 bits per heavy atom. The molecule has 0 unspecified atom stereocenters. The van der Waals surface area contributed by atoms with Gasteiger partial charge in [-0.05, 0) is 0 Å². The topological polar surface area (TPSA) is 0 Å². The van der Waals surface area contributed by atoms with Gasteiger partial charge in [0.25, 0.3) is 0 Å². The molecular weight excluding hydrogens is 539 g/mol. The molecule has 0 spiro atoms. The molecule has 0 aromatic heterocycles. The van der Waals surface area contributed by atoms with Crippen molar-refractivity contribution >= 4 is 25.6 Å². The number of hydrogen-bond donors (Lipinski definition) is 0. The Kier molecular flexibility index (Phi) is 22.0. The first-order chi connectivity index (χ1) is 1.41. The average molecular weight is 539 g/mol. The summed E-state index contributed by atoms with van der Waals surface area (Å²) in [5.41, 5.74) is 0. The Bertz CT molecular complexity index is 27.0. The number of hydrogen-bond acceptors (Lipinski definition) is 0. The van der Waals surface area contributed by atoms with E-state index in [1.165, 1.54) is 0 Å². The summed E-state index contributed by atoms with van der Waals surface area (Å²) in [4.78, 5) is 0. The molecule has 0 aromatic rings. The molecule has 29 valence electrons. The van der Waals surface area contributed by atoms with E-state index in [0.29, 0.717) is 0 Å². The molecule has 0 bridgehead atoms. The fourth-order valence-corrected chi connectivity index (χ4v) is 0.